The Bertz CT molecular complexity index is 510. The zero-order valence-electron chi connectivity index (χ0n) is 12.9. The van der Waals surface area contributed by atoms with Crippen LogP contribution in [0.4, 0.5) is 0 Å². The van der Waals surface area contributed by atoms with Crippen LogP contribution in [-0.2, 0) is 4.74 Å². The summed E-state index contributed by atoms with van der Waals surface area (Å²) in [5.74, 6) is 1.30. The molecular weight excluding hydrogens is 280 g/mol. The lowest BCUT2D eigenvalue weighted by Crippen LogP contribution is -2.41. The second-order valence-electron chi connectivity index (χ2n) is 6.74. The van der Waals surface area contributed by atoms with E-state index in [1.807, 2.05) is 4.90 Å². The fourth-order valence-electron chi connectivity index (χ4n) is 4.36. The SMILES string of the molecule is O=C(c1ccco1)N1CC[C@H]2[C@@H]1CCN2CC1CCOCC1. The highest BCUT2D eigenvalue weighted by molar-refractivity contribution is 5.92. The smallest absolute Gasteiger partial charge is 0.289 e. The van der Waals surface area contributed by atoms with Gasteiger partial charge in [0, 0.05) is 44.9 Å². The molecule has 3 saturated heterocycles. The van der Waals surface area contributed by atoms with Crippen molar-refractivity contribution >= 4 is 5.91 Å². The minimum absolute atomic E-state index is 0.0606. The fourth-order valence-corrected chi connectivity index (χ4v) is 4.36. The summed E-state index contributed by atoms with van der Waals surface area (Å²) >= 11 is 0. The number of ether oxygens (including phenoxy) is 1. The highest BCUT2D eigenvalue weighted by atomic mass is 16.5. The van der Waals surface area contributed by atoms with E-state index in [4.69, 9.17) is 9.15 Å². The van der Waals surface area contributed by atoms with Gasteiger partial charge in [-0.1, -0.05) is 0 Å². The molecule has 0 saturated carbocycles. The van der Waals surface area contributed by atoms with Crippen molar-refractivity contribution in [3.63, 3.8) is 0 Å². The van der Waals surface area contributed by atoms with E-state index in [-0.39, 0.29) is 5.91 Å². The van der Waals surface area contributed by atoms with E-state index in [2.05, 4.69) is 4.90 Å². The number of furan rings is 1. The molecule has 3 aliphatic heterocycles. The monoisotopic (exact) mass is 304 g/mol. The van der Waals surface area contributed by atoms with Gasteiger partial charge in [0.15, 0.2) is 5.76 Å². The largest absolute Gasteiger partial charge is 0.459 e. The molecule has 0 N–H and O–H groups in total. The molecule has 120 valence electrons. The molecule has 4 rings (SSSR count). The summed E-state index contributed by atoms with van der Waals surface area (Å²) in [4.78, 5) is 17.2. The number of likely N-dealkylation sites (tertiary alicyclic amines) is 2. The summed E-state index contributed by atoms with van der Waals surface area (Å²) in [6, 6.07) is 4.47. The van der Waals surface area contributed by atoms with E-state index in [1.54, 1.807) is 18.4 Å². The van der Waals surface area contributed by atoms with Gasteiger partial charge in [0.1, 0.15) is 0 Å². The Balaban J connectivity index is 1.39. The van der Waals surface area contributed by atoms with Gasteiger partial charge < -0.3 is 14.1 Å². The van der Waals surface area contributed by atoms with E-state index < -0.39 is 0 Å². The number of hydrogen-bond donors (Lipinski definition) is 0. The Hall–Kier alpha value is -1.33. The lowest BCUT2D eigenvalue weighted by Gasteiger charge is -2.30. The number of amides is 1. The summed E-state index contributed by atoms with van der Waals surface area (Å²) in [6.07, 6.45) is 6.14. The number of rotatable bonds is 3. The second kappa shape index (κ2) is 6.05. The van der Waals surface area contributed by atoms with Crippen molar-refractivity contribution in [2.24, 2.45) is 5.92 Å². The predicted octanol–water partition coefficient (Wildman–Crippen LogP) is 2.00. The minimum atomic E-state index is 0.0606. The molecule has 1 amide bonds. The van der Waals surface area contributed by atoms with Gasteiger partial charge in [-0.25, -0.2) is 0 Å². The molecule has 2 atom stereocenters. The highest BCUT2D eigenvalue weighted by Crippen LogP contribution is 2.34. The van der Waals surface area contributed by atoms with E-state index in [0.29, 0.717) is 17.8 Å². The molecule has 3 fully saturated rings. The zero-order valence-corrected chi connectivity index (χ0v) is 12.9. The number of hydrogen-bond acceptors (Lipinski definition) is 4. The molecule has 0 radical (unpaired) electrons. The molecule has 0 aromatic carbocycles. The van der Waals surface area contributed by atoms with Gasteiger partial charge in [-0.15, -0.1) is 0 Å². The molecule has 0 unspecified atom stereocenters. The first kappa shape index (κ1) is 14.3. The zero-order chi connectivity index (χ0) is 14.9. The van der Waals surface area contributed by atoms with Gasteiger partial charge in [0.2, 0.25) is 0 Å². The van der Waals surface area contributed by atoms with Gasteiger partial charge in [0.25, 0.3) is 5.91 Å². The Morgan fingerprint density at radius 1 is 1.14 bits per heavy atom. The molecule has 0 spiro atoms. The average molecular weight is 304 g/mol. The average Bonchev–Trinajstić information content (AvgIpc) is 3.26. The maximum absolute atomic E-state index is 12.5. The van der Waals surface area contributed by atoms with E-state index in [1.165, 1.54) is 19.4 Å². The molecular formula is C17H24N2O3. The Morgan fingerprint density at radius 2 is 1.95 bits per heavy atom. The van der Waals surface area contributed by atoms with Gasteiger partial charge >= 0.3 is 0 Å². The molecule has 1 aromatic rings. The lowest BCUT2D eigenvalue weighted by atomic mass is 9.99. The van der Waals surface area contributed by atoms with Crippen molar-refractivity contribution in [1.29, 1.82) is 0 Å². The van der Waals surface area contributed by atoms with Crippen LogP contribution in [0.15, 0.2) is 22.8 Å². The molecule has 0 aliphatic carbocycles. The van der Waals surface area contributed by atoms with Crippen LogP contribution in [0, 0.1) is 5.92 Å². The number of fused-ring (bicyclic) bond motifs is 1. The minimum Gasteiger partial charge on any atom is -0.459 e. The van der Waals surface area contributed by atoms with Crippen LogP contribution >= 0.6 is 0 Å². The van der Waals surface area contributed by atoms with Crippen LogP contribution in [0.25, 0.3) is 0 Å². The summed E-state index contributed by atoms with van der Waals surface area (Å²) in [6.45, 7) is 4.98. The Kier molecular flexibility index (Phi) is 3.92. The third kappa shape index (κ3) is 2.57. The number of carbonyl (C=O) groups excluding carboxylic acids is 1. The third-order valence-electron chi connectivity index (χ3n) is 5.52. The topological polar surface area (TPSA) is 45.9 Å². The fraction of sp³-hybridized carbons (Fsp3) is 0.706. The van der Waals surface area contributed by atoms with Crippen LogP contribution in [-0.4, -0.2) is 60.6 Å². The van der Waals surface area contributed by atoms with Crippen LogP contribution in [0.5, 0.6) is 0 Å². The van der Waals surface area contributed by atoms with Crippen LogP contribution in [0.2, 0.25) is 0 Å². The van der Waals surface area contributed by atoms with Crippen molar-refractivity contribution < 1.29 is 13.9 Å². The van der Waals surface area contributed by atoms with E-state index >= 15 is 0 Å². The molecule has 22 heavy (non-hydrogen) atoms. The van der Waals surface area contributed by atoms with E-state index in [0.717, 1.165) is 45.1 Å². The first-order valence-corrected chi connectivity index (χ1v) is 8.49. The van der Waals surface area contributed by atoms with Crippen molar-refractivity contribution in [3.8, 4) is 0 Å². The molecule has 5 nitrogen and oxygen atoms in total. The normalized spacial score (nSPS) is 29.9. The highest BCUT2D eigenvalue weighted by Gasteiger charge is 2.45. The standard InChI is InChI=1S/C17H24N2O3/c20-17(16-2-1-9-22-16)19-8-4-14-15(19)3-7-18(14)12-13-5-10-21-11-6-13/h1-2,9,13-15H,3-8,10-12H2/t14-,15-/m0/s1. The quantitative estimate of drug-likeness (QED) is 0.857. The summed E-state index contributed by atoms with van der Waals surface area (Å²) in [7, 11) is 0. The van der Waals surface area contributed by atoms with Gasteiger partial charge in [-0.3, -0.25) is 9.69 Å². The maximum atomic E-state index is 12.5. The maximum Gasteiger partial charge on any atom is 0.289 e. The third-order valence-corrected chi connectivity index (χ3v) is 5.52. The van der Waals surface area contributed by atoms with Crippen molar-refractivity contribution in [1.82, 2.24) is 9.80 Å². The molecule has 3 aliphatic rings. The summed E-state index contributed by atoms with van der Waals surface area (Å²) in [5.41, 5.74) is 0. The first-order chi connectivity index (χ1) is 10.8. The lowest BCUT2D eigenvalue weighted by molar-refractivity contribution is 0.0501. The van der Waals surface area contributed by atoms with Gasteiger partial charge in [-0.2, -0.15) is 0 Å². The van der Waals surface area contributed by atoms with Crippen molar-refractivity contribution in [3.05, 3.63) is 24.2 Å². The Morgan fingerprint density at radius 3 is 2.73 bits per heavy atom. The van der Waals surface area contributed by atoms with Crippen LogP contribution < -0.4 is 0 Å². The number of nitrogens with zero attached hydrogens (tertiary/aromatic N) is 2. The number of carbonyl (C=O) groups is 1. The molecule has 0 bridgehead atoms. The molecule has 5 heteroatoms. The Labute approximate surface area is 131 Å². The molecule has 1 aromatic heterocycles. The van der Waals surface area contributed by atoms with Crippen molar-refractivity contribution in [2.75, 3.05) is 32.8 Å². The first-order valence-electron chi connectivity index (χ1n) is 8.49. The second-order valence-corrected chi connectivity index (χ2v) is 6.74. The van der Waals surface area contributed by atoms with Gasteiger partial charge in [0.05, 0.1) is 6.26 Å². The van der Waals surface area contributed by atoms with Crippen molar-refractivity contribution in [2.45, 2.75) is 37.8 Å². The summed E-state index contributed by atoms with van der Waals surface area (Å²) < 4.78 is 10.7. The van der Waals surface area contributed by atoms with Crippen LogP contribution in [0.1, 0.15) is 36.2 Å². The van der Waals surface area contributed by atoms with Crippen LogP contribution in [0.3, 0.4) is 0 Å². The van der Waals surface area contributed by atoms with Gasteiger partial charge in [-0.05, 0) is 43.7 Å². The van der Waals surface area contributed by atoms with E-state index in [9.17, 15) is 4.79 Å². The predicted molar refractivity (Wildman–Crippen MR) is 81.7 cm³/mol. The molecule has 4 heterocycles. The summed E-state index contributed by atoms with van der Waals surface area (Å²) in [5, 5.41) is 0.